The highest BCUT2D eigenvalue weighted by Gasteiger charge is 2.18. The smallest absolute Gasteiger partial charge is 0.0261 e. The van der Waals surface area contributed by atoms with Crippen LogP contribution in [0.3, 0.4) is 0 Å². The SMILES string of the molecule is CC(C)CC(C)N(C=CCN)C(C)CC(C)C. The summed E-state index contributed by atoms with van der Waals surface area (Å²) >= 11 is 0. The summed E-state index contributed by atoms with van der Waals surface area (Å²) in [4.78, 5) is 2.48. The normalized spacial score (nSPS) is 15.8. The Labute approximate surface area is 108 Å². The highest BCUT2D eigenvalue weighted by molar-refractivity contribution is 4.89. The lowest BCUT2D eigenvalue weighted by atomic mass is 9.99. The van der Waals surface area contributed by atoms with Crippen LogP contribution >= 0.6 is 0 Å². The van der Waals surface area contributed by atoms with Crippen molar-refractivity contribution in [2.24, 2.45) is 17.6 Å². The van der Waals surface area contributed by atoms with Gasteiger partial charge in [-0.2, -0.15) is 0 Å². The Balaban J connectivity index is 4.55. The standard InChI is InChI=1S/C15H32N2/c1-12(2)10-14(5)17(9-7-8-16)15(6)11-13(3)4/h7,9,12-15H,8,10-11,16H2,1-6H3. The van der Waals surface area contributed by atoms with Gasteiger partial charge in [-0.25, -0.2) is 0 Å². The zero-order valence-electron chi connectivity index (χ0n) is 12.6. The minimum atomic E-state index is 0.589. The van der Waals surface area contributed by atoms with Crippen molar-refractivity contribution >= 4 is 0 Å². The first kappa shape index (κ1) is 16.5. The van der Waals surface area contributed by atoms with E-state index in [9.17, 15) is 0 Å². The van der Waals surface area contributed by atoms with Gasteiger partial charge in [0.1, 0.15) is 0 Å². The van der Waals surface area contributed by atoms with Gasteiger partial charge in [0.05, 0.1) is 0 Å². The van der Waals surface area contributed by atoms with Gasteiger partial charge in [-0.3, -0.25) is 0 Å². The lowest BCUT2D eigenvalue weighted by Gasteiger charge is -2.35. The van der Waals surface area contributed by atoms with Crippen LogP contribution in [0.15, 0.2) is 12.3 Å². The summed E-state index contributed by atoms with van der Waals surface area (Å²) in [5, 5.41) is 0. The van der Waals surface area contributed by atoms with E-state index in [-0.39, 0.29) is 0 Å². The fraction of sp³-hybridized carbons (Fsp3) is 0.867. The maximum atomic E-state index is 5.57. The maximum absolute atomic E-state index is 5.57. The van der Waals surface area contributed by atoms with E-state index in [2.05, 4.69) is 58.7 Å². The van der Waals surface area contributed by atoms with Crippen molar-refractivity contribution in [1.29, 1.82) is 0 Å². The molecule has 0 bridgehead atoms. The molecule has 0 aromatic rings. The zero-order valence-corrected chi connectivity index (χ0v) is 12.6. The van der Waals surface area contributed by atoms with Crippen LogP contribution in [0.25, 0.3) is 0 Å². The van der Waals surface area contributed by atoms with Crippen molar-refractivity contribution in [2.75, 3.05) is 6.54 Å². The van der Waals surface area contributed by atoms with Crippen molar-refractivity contribution in [1.82, 2.24) is 4.90 Å². The molecule has 0 aromatic heterocycles. The molecule has 0 amide bonds. The van der Waals surface area contributed by atoms with Gasteiger partial charge in [-0.15, -0.1) is 0 Å². The van der Waals surface area contributed by atoms with Gasteiger partial charge in [0, 0.05) is 18.6 Å². The average Bonchev–Trinajstić information content (AvgIpc) is 2.15. The molecule has 102 valence electrons. The molecule has 0 aliphatic rings. The van der Waals surface area contributed by atoms with E-state index in [0.717, 1.165) is 11.8 Å². The highest BCUT2D eigenvalue weighted by Crippen LogP contribution is 2.19. The van der Waals surface area contributed by atoms with Crippen molar-refractivity contribution in [3.8, 4) is 0 Å². The third-order valence-corrected chi connectivity index (χ3v) is 3.06. The molecule has 0 aliphatic carbocycles. The Hall–Kier alpha value is -0.500. The third kappa shape index (κ3) is 7.43. The predicted octanol–water partition coefficient (Wildman–Crippen LogP) is 3.63. The van der Waals surface area contributed by atoms with E-state index in [1.165, 1.54) is 12.8 Å². The number of hydrogen-bond donors (Lipinski definition) is 1. The molecule has 0 aliphatic heterocycles. The topological polar surface area (TPSA) is 29.3 Å². The Morgan fingerprint density at radius 1 is 0.882 bits per heavy atom. The molecule has 0 radical (unpaired) electrons. The van der Waals surface area contributed by atoms with Crippen molar-refractivity contribution in [2.45, 2.75) is 66.5 Å². The molecule has 2 N–H and O–H groups in total. The van der Waals surface area contributed by atoms with Gasteiger partial charge in [-0.05, 0) is 44.7 Å². The van der Waals surface area contributed by atoms with Crippen molar-refractivity contribution in [3.05, 3.63) is 12.3 Å². The summed E-state index contributed by atoms with van der Waals surface area (Å²) in [7, 11) is 0. The van der Waals surface area contributed by atoms with Crippen LogP contribution in [0.1, 0.15) is 54.4 Å². The molecule has 0 rings (SSSR count). The second-order valence-corrected chi connectivity index (χ2v) is 6.02. The monoisotopic (exact) mass is 240 g/mol. The lowest BCUT2D eigenvalue weighted by Crippen LogP contribution is -2.37. The fourth-order valence-electron chi connectivity index (χ4n) is 2.52. The van der Waals surface area contributed by atoms with E-state index in [0.29, 0.717) is 18.6 Å². The minimum absolute atomic E-state index is 0.589. The maximum Gasteiger partial charge on any atom is 0.0261 e. The number of rotatable bonds is 8. The van der Waals surface area contributed by atoms with Crippen LogP contribution in [0, 0.1) is 11.8 Å². The van der Waals surface area contributed by atoms with Gasteiger partial charge in [0.25, 0.3) is 0 Å². The molecule has 2 heteroatoms. The molecule has 0 aromatic carbocycles. The van der Waals surface area contributed by atoms with E-state index in [1.807, 2.05) is 0 Å². The van der Waals surface area contributed by atoms with E-state index < -0.39 is 0 Å². The summed E-state index contributed by atoms with van der Waals surface area (Å²) in [6.45, 7) is 14.4. The van der Waals surface area contributed by atoms with Crippen LogP contribution in [-0.4, -0.2) is 23.5 Å². The van der Waals surface area contributed by atoms with Crippen LogP contribution in [0.2, 0.25) is 0 Å². The fourth-order valence-corrected chi connectivity index (χ4v) is 2.52. The second kappa shape index (κ2) is 8.57. The minimum Gasteiger partial charge on any atom is -0.372 e. The molecule has 0 spiro atoms. The molecule has 0 fully saturated rings. The van der Waals surface area contributed by atoms with Crippen LogP contribution < -0.4 is 5.73 Å². The Morgan fingerprint density at radius 2 is 1.29 bits per heavy atom. The highest BCUT2D eigenvalue weighted by atomic mass is 15.2. The molecule has 0 saturated heterocycles. The molecular weight excluding hydrogens is 208 g/mol. The van der Waals surface area contributed by atoms with Crippen LogP contribution in [-0.2, 0) is 0 Å². The first-order valence-electron chi connectivity index (χ1n) is 7.02. The molecule has 0 saturated carbocycles. The quantitative estimate of drug-likeness (QED) is 0.702. The summed E-state index contributed by atoms with van der Waals surface area (Å²) < 4.78 is 0. The van der Waals surface area contributed by atoms with Gasteiger partial charge >= 0.3 is 0 Å². The third-order valence-electron chi connectivity index (χ3n) is 3.06. The summed E-state index contributed by atoms with van der Waals surface area (Å²) in [5.41, 5.74) is 5.57. The molecular formula is C15H32N2. The molecule has 2 nitrogen and oxygen atoms in total. The summed E-state index contributed by atoms with van der Waals surface area (Å²) in [5.74, 6) is 1.48. The molecule has 0 heterocycles. The van der Waals surface area contributed by atoms with Gasteiger partial charge in [0.2, 0.25) is 0 Å². The van der Waals surface area contributed by atoms with Crippen LogP contribution in [0.5, 0.6) is 0 Å². The number of hydrogen-bond acceptors (Lipinski definition) is 2. The summed E-state index contributed by atoms with van der Waals surface area (Å²) in [6, 6.07) is 1.18. The Bertz CT molecular complexity index is 193. The van der Waals surface area contributed by atoms with Crippen molar-refractivity contribution in [3.63, 3.8) is 0 Å². The van der Waals surface area contributed by atoms with E-state index in [4.69, 9.17) is 5.73 Å². The Morgan fingerprint density at radius 3 is 1.59 bits per heavy atom. The predicted molar refractivity (Wildman–Crippen MR) is 77.9 cm³/mol. The summed E-state index contributed by atoms with van der Waals surface area (Å²) in [6.07, 6.45) is 6.72. The average molecular weight is 240 g/mol. The second-order valence-electron chi connectivity index (χ2n) is 6.02. The molecule has 17 heavy (non-hydrogen) atoms. The first-order valence-corrected chi connectivity index (χ1v) is 7.02. The largest absolute Gasteiger partial charge is 0.372 e. The van der Waals surface area contributed by atoms with Crippen molar-refractivity contribution < 1.29 is 0 Å². The molecule has 2 unspecified atom stereocenters. The Kier molecular flexibility index (Phi) is 8.32. The molecule has 2 atom stereocenters. The lowest BCUT2D eigenvalue weighted by molar-refractivity contribution is 0.184. The van der Waals surface area contributed by atoms with E-state index in [1.54, 1.807) is 0 Å². The first-order chi connectivity index (χ1) is 7.88. The van der Waals surface area contributed by atoms with E-state index >= 15 is 0 Å². The van der Waals surface area contributed by atoms with Gasteiger partial charge < -0.3 is 10.6 Å². The number of nitrogens with two attached hydrogens (primary N) is 1. The number of nitrogens with zero attached hydrogens (tertiary/aromatic N) is 1. The van der Waals surface area contributed by atoms with Gasteiger partial charge in [-0.1, -0.05) is 33.8 Å². The van der Waals surface area contributed by atoms with Crippen LogP contribution in [0.4, 0.5) is 0 Å². The zero-order chi connectivity index (χ0) is 13.4. The van der Waals surface area contributed by atoms with Gasteiger partial charge in [0.15, 0.2) is 0 Å².